The molecule has 1 amide bonds. The van der Waals surface area contributed by atoms with Crippen LogP contribution in [0.4, 0.5) is 5.69 Å². The summed E-state index contributed by atoms with van der Waals surface area (Å²) in [5, 5.41) is -0.165. The van der Waals surface area contributed by atoms with Gasteiger partial charge in [0.05, 0.1) is 5.25 Å². The van der Waals surface area contributed by atoms with E-state index >= 15 is 0 Å². The fraction of sp³-hybridized carbons (Fsp3) is 0.588. The van der Waals surface area contributed by atoms with Gasteiger partial charge in [0.1, 0.15) is 0 Å². The summed E-state index contributed by atoms with van der Waals surface area (Å²) in [5.41, 5.74) is 1.83. The minimum atomic E-state index is -3.13. The second-order valence-electron chi connectivity index (χ2n) is 7.27. The molecule has 3 aliphatic rings. The molecule has 0 aromatic heterocycles. The Bertz CT molecular complexity index is 757. The first-order valence-corrected chi connectivity index (χ1v) is 9.77. The summed E-state index contributed by atoms with van der Waals surface area (Å²) in [6.07, 6.45) is 2.82. The van der Waals surface area contributed by atoms with Crippen molar-refractivity contribution in [3.63, 3.8) is 0 Å². The molecule has 6 heteroatoms. The van der Waals surface area contributed by atoms with Gasteiger partial charge >= 0.3 is 0 Å². The van der Waals surface area contributed by atoms with Crippen LogP contribution in [-0.4, -0.2) is 43.5 Å². The van der Waals surface area contributed by atoms with Crippen molar-refractivity contribution < 1.29 is 13.2 Å². The van der Waals surface area contributed by atoms with Gasteiger partial charge < -0.3 is 4.90 Å². The molecule has 1 aromatic rings. The van der Waals surface area contributed by atoms with Crippen molar-refractivity contribution in [1.29, 1.82) is 0 Å². The Balaban J connectivity index is 1.56. The molecule has 3 fully saturated rings. The molecule has 4 rings (SSSR count). The number of sulfonamides is 1. The average Bonchev–Trinajstić information content (AvgIpc) is 3.22. The highest BCUT2D eigenvalue weighted by molar-refractivity contribution is 7.90. The highest BCUT2D eigenvalue weighted by atomic mass is 32.2. The van der Waals surface area contributed by atoms with E-state index in [1.54, 1.807) is 4.31 Å². The van der Waals surface area contributed by atoms with E-state index in [1.165, 1.54) is 0 Å². The molecule has 0 radical (unpaired) electrons. The van der Waals surface area contributed by atoms with Crippen LogP contribution in [-0.2, 0) is 14.8 Å². The zero-order chi connectivity index (χ0) is 16.2. The van der Waals surface area contributed by atoms with Crippen molar-refractivity contribution in [3.8, 4) is 0 Å². The normalized spacial score (nSPS) is 28.9. The largest absolute Gasteiger partial charge is 0.312 e. The van der Waals surface area contributed by atoms with Gasteiger partial charge in [-0.25, -0.2) is 12.7 Å². The van der Waals surface area contributed by atoms with Crippen LogP contribution < -0.4 is 4.90 Å². The number of hydrogen-bond donors (Lipinski definition) is 0. The Labute approximate surface area is 137 Å². The fourth-order valence-corrected chi connectivity index (χ4v) is 5.90. The summed E-state index contributed by atoms with van der Waals surface area (Å²) in [6, 6.07) is 7.89. The molecule has 1 atom stereocenters. The molecular weight excluding hydrogens is 312 g/mol. The molecule has 1 saturated carbocycles. The summed E-state index contributed by atoms with van der Waals surface area (Å²) in [4.78, 5) is 14.4. The van der Waals surface area contributed by atoms with Crippen LogP contribution >= 0.6 is 0 Å². The lowest BCUT2D eigenvalue weighted by atomic mass is 9.86. The van der Waals surface area contributed by atoms with Crippen LogP contribution in [0.5, 0.6) is 0 Å². The Hall–Kier alpha value is -1.40. The van der Waals surface area contributed by atoms with E-state index in [9.17, 15) is 13.2 Å². The molecule has 1 aromatic carbocycles. The molecule has 2 aliphatic heterocycles. The van der Waals surface area contributed by atoms with E-state index in [4.69, 9.17) is 0 Å². The summed E-state index contributed by atoms with van der Waals surface area (Å²) in [6.45, 7) is 3.70. The summed E-state index contributed by atoms with van der Waals surface area (Å²) in [5.74, 6) is 0.116. The monoisotopic (exact) mass is 334 g/mol. The van der Waals surface area contributed by atoms with Gasteiger partial charge in [0.2, 0.25) is 15.9 Å². The number of hydrogen-bond acceptors (Lipinski definition) is 3. The average molecular weight is 334 g/mol. The third-order valence-electron chi connectivity index (χ3n) is 5.44. The second-order valence-corrected chi connectivity index (χ2v) is 9.48. The Morgan fingerprint density at radius 2 is 1.91 bits per heavy atom. The lowest BCUT2D eigenvalue weighted by Gasteiger charge is -2.25. The number of para-hydroxylation sites is 1. The van der Waals surface area contributed by atoms with Crippen LogP contribution in [0.1, 0.15) is 31.2 Å². The zero-order valence-electron chi connectivity index (χ0n) is 13.4. The van der Waals surface area contributed by atoms with E-state index in [2.05, 4.69) is 0 Å². The molecule has 5 nitrogen and oxygen atoms in total. The summed E-state index contributed by atoms with van der Waals surface area (Å²) in [7, 11) is -3.13. The van der Waals surface area contributed by atoms with Gasteiger partial charge in [-0.1, -0.05) is 18.2 Å². The maximum atomic E-state index is 12.5. The number of amides is 1. The summed E-state index contributed by atoms with van der Waals surface area (Å²) < 4.78 is 26.5. The number of nitrogens with zero attached hydrogens (tertiary/aromatic N) is 2. The van der Waals surface area contributed by atoms with E-state index in [0.717, 1.165) is 30.5 Å². The highest BCUT2D eigenvalue weighted by Crippen LogP contribution is 2.45. The van der Waals surface area contributed by atoms with Crippen molar-refractivity contribution in [2.24, 2.45) is 5.41 Å². The van der Waals surface area contributed by atoms with Crippen LogP contribution in [0.2, 0.25) is 0 Å². The summed E-state index contributed by atoms with van der Waals surface area (Å²) >= 11 is 0. The lowest BCUT2D eigenvalue weighted by Crippen LogP contribution is -2.35. The fourth-order valence-electron chi connectivity index (χ4n) is 3.94. The Morgan fingerprint density at radius 1 is 1.17 bits per heavy atom. The smallest absolute Gasteiger partial charge is 0.227 e. The Kier molecular flexibility index (Phi) is 3.32. The first-order chi connectivity index (χ1) is 10.9. The maximum absolute atomic E-state index is 12.5. The molecule has 2 heterocycles. The van der Waals surface area contributed by atoms with Crippen molar-refractivity contribution >= 4 is 21.6 Å². The van der Waals surface area contributed by atoms with Crippen LogP contribution in [0.25, 0.3) is 0 Å². The maximum Gasteiger partial charge on any atom is 0.227 e. The highest BCUT2D eigenvalue weighted by Gasteiger charge is 2.52. The quantitative estimate of drug-likeness (QED) is 0.848. The third-order valence-corrected chi connectivity index (χ3v) is 7.78. The van der Waals surface area contributed by atoms with Gasteiger partial charge in [-0.05, 0) is 37.8 Å². The van der Waals surface area contributed by atoms with Gasteiger partial charge in [-0.15, -0.1) is 0 Å². The molecule has 1 aliphatic carbocycles. The first-order valence-electron chi connectivity index (χ1n) is 8.26. The van der Waals surface area contributed by atoms with Crippen LogP contribution in [0.15, 0.2) is 24.3 Å². The molecule has 0 N–H and O–H groups in total. The molecule has 2 saturated heterocycles. The predicted octanol–water partition coefficient (Wildman–Crippen LogP) is 1.92. The molecule has 0 bridgehead atoms. The number of aryl methyl sites for hydroxylation is 1. The van der Waals surface area contributed by atoms with Crippen molar-refractivity contribution in [3.05, 3.63) is 29.8 Å². The number of rotatable bonds is 3. The number of benzene rings is 1. The van der Waals surface area contributed by atoms with E-state index in [-0.39, 0.29) is 16.6 Å². The Morgan fingerprint density at radius 3 is 2.61 bits per heavy atom. The van der Waals surface area contributed by atoms with Crippen molar-refractivity contribution in [2.45, 2.75) is 37.9 Å². The van der Waals surface area contributed by atoms with E-state index < -0.39 is 10.0 Å². The number of anilines is 1. The van der Waals surface area contributed by atoms with E-state index in [0.29, 0.717) is 26.1 Å². The third kappa shape index (κ3) is 2.48. The second kappa shape index (κ2) is 5.05. The van der Waals surface area contributed by atoms with Gasteiger partial charge in [-0.3, -0.25) is 4.79 Å². The predicted molar refractivity (Wildman–Crippen MR) is 88.7 cm³/mol. The number of carbonyl (C=O) groups is 1. The zero-order valence-corrected chi connectivity index (χ0v) is 14.2. The molecule has 0 unspecified atom stereocenters. The van der Waals surface area contributed by atoms with Crippen molar-refractivity contribution in [1.82, 2.24) is 4.31 Å². The lowest BCUT2D eigenvalue weighted by molar-refractivity contribution is -0.117. The first kappa shape index (κ1) is 15.1. The van der Waals surface area contributed by atoms with Crippen LogP contribution in [0.3, 0.4) is 0 Å². The minimum absolute atomic E-state index is 0.116. The van der Waals surface area contributed by atoms with Crippen LogP contribution in [0, 0.1) is 12.3 Å². The van der Waals surface area contributed by atoms with Gasteiger partial charge in [0.15, 0.2) is 0 Å². The van der Waals surface area contributed by atoms with Gasteiger partial charge in [0, 0.05) is 37.2 Å². The van der Waals surface area contributed by atoms with Gasteiger partial charge in [0.25, 0.3) is 0 Å². The molecule has 124 valence electrons. The van der Waals surface area contributed by atoms with E-state index in [1.807, 2.05) is 36.1 Å². The SMILES string of the molecule is Cc1ccccc1N1C[C@@]2(CCN(S(=O)(=O)C3CC3)C2)CC1=O. The van der Waals surface area contributed by atoms with Gasteiger partial charge in [-0.2, -0.15) is 0 Å². The van der Waals surface area contributed by atoms with Crippen molar-refractivity contribution in [2.75, 3.05) is 24.5 Å². The molecular formula is C17H22N2O3S. The molecule has 1 spiro atoms. The number of carbonyl (C=O) groups excluding carboxylic acids is 1. The minimum Gasteiger partial charge on any atom is -0.312 e. The topological polar surface area (TPSA) is 57.7 Å². The molecule has 23 heavy (non-hydrogen) atoms. The standard InChI is InChI=1S/C17H22N2O3S/c1-13-4-2-3-5-15(13)19-12-17(10-16(19)20)8-9-18(11-17)23(21,22)14-6-7-14/h2-5,14H,6-12H2,1H3/t17-/m0/s1.